The van der Waals surface area contributed by atoms with Gasteiger partial charge in [-0.25, -0.2) is 15.0 Å². The topological polar surface area (TPSA) is 96.9 Å². The van der Waals surface area contributed by atoms with Gasteiger partial charge in [0.05, 0.1) is 12.2 Å². The van der Waals surface area contributed by atoms with E-state index in [0.29, 0.717) is 21.4 Å². The van der Waals surface area contributed by atoms with Crippen molar-refractivity contribution in [3.8, 4) is 10.8 Å². The Morgan fingerprint density at radius 3 is 2.64 bits per heavy atom. The molecule has 2 heterocycles. The van der Waals surface area contributed by atoms with Gasteiger partial charge >= 0.3 is 0 Å². The second-order valence-electron chi connectivity index (χ2n) is 6.09. The molecule has 0 aliphatic heterocycles. The highest BCUT2D eigenvalue weighted by Crippen LogP contribution is 2.24. The lowest BCUT2D eigenvalue weighted by atomic mass is 9.95. The van der Waals surface area contributed by atoms with Crippen molar-refractivity contribution in [3.63, 3.8) is 0 Å². The molecule has 2 aromatic heterocycles. The normalized spacial score (nSPS) is 14.9. The van der Waals surface area contributed by atoms with Crippen LogP contribution in [0.4, 0.5) is 0 Å². The van der Waals surface area contributed by atoms with Crippen LogP contribution in [0, 0.1) is 6.92 Å². The predicted octanol–water partition coefficient (Wildman–Crippen LogP) is 2.09. The van der Waals surface area contributed by atoms with Crippen LogP contribution in [0.15, 0.2) is 18.5 Å². The Morgan fingerprint density at radius 1 is 1.20 bits per heavy atom. The molecule has 2 aromatic rings. The molecule has 1 fully saturated rings. The van der Waals surface area contributed by atoms with Gasteiger partial charge in [0.25, 0.3) is 5.91 Å². The summed E-state index contributed by atoms with van der Waals surface area (Å²) in [6, 6.07) is 1.97. The summed E-state index contributed by atoms with van der Waals surface area (Å²) in [6.07, 6.45) is 8.86. The molecule has 0 bridgehead atoms. The molecule has 2 N–H and O–H groups in total. The maximum atomic E-state index is 12.3. The molecule has 1 aliphatic rings. The Kier molecular flexibility index (Phi) is 5.70. The van der Waals surface area contributed by atoms with E-state index in [1.807, 2.05) is 0 Å². The number of carbonyl (C=O) groups excluding carboxylic acids is 2. The third kappa shape index (κ3) is 4.60. The number of aryl methyl sites for hydroxylation is 1. The second kappa shape index (κ2) is 8.15. The number of rotatable bonds is 5. The molecule has 1 aliphatic carbocycles. The minimum absolute atomic E-state index is 0.0240. The van der Waals surface area contributed by atoms with Crippen LogP contribution in [-0.4, -0.2) is 39.4 Å². The van der Waals surface area contributed by atoms with Crippen molar-refractivity contribution in [2.75, 3.05) is 6.54 Å². The zero-order chi connectivity index (χ0) is 17.6. The fourth-order valence-corrected chi connectivity index (χ4v) is 3.81. The molecule has 0 unspecified atom stereocenters. The first-order chi connectivity index (χ1) is 12.1. The Labute approximate surface area is 150 Å². The summed E-state index contributed by atoms with van der Waals surface area (Å²) in [7, 11) is 0. The van der Waals surface area contributed by atoms with Gasteiger partial charge < -0.3 is 10.6 Å². The lowest BCUT2D eigenvalue weighted by molar-refractivity contribution is -0.121. The maximum absolute atomic E-state index is 12.3. The summed E-state index contributed by atoms with van der Waals surface area (Å²) in [4.78, 5) is 37.5. The average molecular weight is 359 g/mol. The van der Waals surface area contributed by atoms with Crippen molar-refractivity contribution in [1.29, 1.82) is 0 Å². The van der Waals surface area contributed by atoms with Gasteiger partial charge in [-0.15, -0.1) is 11.3 Å². The molecule has 7 nitrogen and oxygen atoms in total. The highest BCUT2D eigenvalue weighted by molar-refractivity contribution is 7.17. The molecular weight excluding hydrogens is 338 g/mol. The van der Waals surface area contributed by atoms with Gasteiger partial charge in [-0.1, -0.05) is 19.3 Å². The minimum Gasteiger partial charge on any atom is -0.352 e. The van der Waals surface area contributed by atoms with Gasteiger partial charge in [0, 0.05) is 18.4 Å². The van der Waals surface area contributed by atoms with E-state index < -0.39 is 0 Å². The van der Waals surface area contributed by atoms with Crippen LogP contribution < -0.4 is 10.6 Å². The number of nitrogens with one attached hydrogen (secondary N) is 2. The van der Waals surface area contributed by atoms with E-state index in [1.54, 1.807) is 25.4 Å². The number of aromatic nitrogens is 3. The van der Waals surface area contributed by atoms with Gasteiger partial charge in [0.1, 0.15) is 4.88 Å². The number of hydrogen-bond acceptors (Lipinski definition) is 6. The van der Waals surface area contributed by atoms with Gasteiger partial charge in [0.15, 0.2) is 10.8 Å². The van der Waals surface area contributed by atoms with Gasteiger partial charge in [-0.2, -0.15) is 0 Å². The largest absolute Gasteiger partial charge is 0.352 e. The molecule has 2 amide bonds. The van der Waals surface area contributed by atoms with Gasteiger partial charge in [-0.3, -0.25) is 9.59 Å². The maximum Gasteiger partial charge on any atom is 0.263 e. The van der Waals surface area contributed by atoms with Crippen molar-refractivity contribution in [2.24, 2.45) is 0 Å². The molecule has 25 heavy (non-hydrogen) atoms. The van der Waals surface area contributed by atoms with E-state index in [9.17, 15) is 9.59 Å². The number of thiazole rings is 1. The van der Waals surface area contributed by atoms with Crippen molar-refractivity contribution >= 4 is 23.2 Å². The highest BCUT2D eigenvalue weighted by Gasteiger charge is 2.19. The van der Waals surface area contributed by atoms with Crippen molar-refractivity contribution in [3.05, 3.63) is 29.0 Å². The Morgan fingerprint density at radius 2 is 1.92 bits per heavy atom. The number of carbonyl (C=O) groups is 2. The lowest BCUT2D eigenvalue weighted by Crippen LogP contribution is -2.42. The number of nitrogens with zero attached hydrogens (tertiary/aromatic N) is 3. The van der Waals surface area contributed by atoms with E-state index in [-0.39, 0.29) is 24.4 Å². The van der Waals surface area contributed by atoms with Crippen LogP contribution in [-0.2, 0) is 4.79 Å². The summed E-state index contributed by atoms with van der Waals surface area (Å²) < 4.78 is 0. The molecule has 0 spiro atoms. The standard InChI is InChI=1S/C17H21N5O2S/c1-11-14(25-17(21-11)15-18-8-5-9-19-15)16(24)20-10-13(23)22-12-6-3-2-4-7-12/h5,8-9,12H,2-4,6-7,10H2,1H3,(H,20,24)(H,22,23). The molecule has 0 aromatic carbocycles. The Hall–Kier alpha value is -2.35. The summed E-state index contributed by atoms with van der Waals surface area (Å²) in [6.45, 7) is 1.74. The van der Waals surface area contributed by atoms with Gasteiger partial charge in [0.2, 0.25) is 5.91 Å². The summed E-state index contributed by atoms with van der Waals surface area (Å²) in [5.74, 6) is 0.0506. The van der Waals surface area contributed by atoms with Crippen molar-refractivity contribution < 1.29 is 9.59 Å². The Balaban J connectivity index is 1.56. The second-order valence-corrected chi connectivity index (χ2v) is 7.09. The molecule has 1 saturated carbocycles. The SMILES string of the molecule is Cc1nc(-c2ncccn2)sc1C(=O)NCC(=O)NC1CCCCC1. The molecule has 8 heteroatoms. The van der Waals surface area contributed by atoms with Crippen LogP contribution in [0.5, 0.6) is 0 Å². The Bertz CT molecular complexity index is 741. The third-order valence-corrected chi connectivity index (χ3v) is 5.29. The molecule has 0 saturated heterocycles. The number of amides is 2. The van der Waals surface area contributed by atoms with Crippen molar-refractivity contribution in [1.82, 2.24) is 25.6 Å². The number of hydrogen-bond donors (Lipinski definition) is 2. The van der Waals surface area contributed by atoms with Gasteiger partial charge in [-0.05, 0) is 25.8 Å². The zero-order valence-electron chi connectivity index (χ0n) is 14.1. The monoisotopic (exact) mass is 359 g/mol. The van der Waals surface area contributed by atoms with E-state index in [2.05, 4.69) is 25.6 Å². The zero-order valence-corrected chi connectivity index (χ0v) is 14.9. The van der Waals surface area contributed by atoms with E-state index in [4.69, 9.17) is 0 Å². The first-order valence-electron chi connectivity index (χ1n) is 8.46. The average Bonchev–Trinajstić information content (AvgIpc) is 3.03. The van der Waals surface area contributed by atoms with Crippen LogP contribution in [0.25, 0.3) is 10.8 Å². The fraction of sp³-hybridized carbons (Fsp3) is 0.471. The summed E-state index contributed by atoms with van der Waals surface area (Å²) in [5, 5.41) is 6.25. The first kappa shape index (κ1) is 17.5. The smallest absolute Gasteiger partial charge is 0.263 e. The molecule has 0 radical (unpaired) electrons. The third-order valence-electron chi connectivity index (χ3n) is 4.14. The summed E-state index contributed by atoms with van der Waals surface area (Å²) >= 11 is 1.23. The van der Waals surface area contributed by atoms with E-state index in [0.717, 1.165) is 25.7 Å². The van der Waals surface area contributed by atoms with Crippen LogP contribution in [0.3, 0.4) is 0 Å². The fourth-order valence-electron chi connectivity index (χ4n) is 2.88. The molecule has 0 atom stereocenters. The summed E-state index contributed by atoms with van der Waals surface area (Å²) in [5.41, 5.74) is 0.609. The lowest BCUT2D eigenvalue weighted by Gasteiger charge is -2.22. The minimum atomic E-state index is -0.295. The first-order valence-corrected chi connectivity index (χ1v) is 9.27. The molecule has 132 valence electrons. The highest BCUT2D eigenvalue weighted by atomic mass is 32.1. The van der Waals surface area contributed by atoms with Crippen molar-refractivity contribution in [2.45, 2.75) is 45.1 Å². The molecular formula is C17H21N5O2S. The van der Waals surface area contributed by atoms with E-state index in [1.165, 1.54) is 17.8 Å². The van der Waals surface area contributed by atoms with Crippen LogP contribution >= 0.6 is 11.3 Å². The van der Waals surface area contributed by atoms with Crippen LogP contribution in [0.1, 0.15) is 47.5 Å². The van der Waals surface area contributed by atoms with Crippen LogP contribution in [0.2, 0.25) is 0 Å². The van der Waals surface area contributed by atoms with E-state index >= 15 is 0 Å². The predicted molar refractivity (Wildman–Crippen MR) is 95.2 cm³/mol. The quantitative estimate of drug-likeness (QED) is 0.852. The molecule has 3 rings (SSSR count).